The van der Waals surface area contributed by atoms with E-state index in [9.17, 15) is 4.79 Å². The first-order valence-electron chi connectivity index (χ1n) is 9.49. The van der Waals surface area contributed by atoms with Crippen molar-refractivity contribution in [2.45, 2.75) is 26.8 Å². The molecule has 2 aromatic rings. The molecule has 1 N–H and O–H groups in total. The number of piperazine rings is 1. The van der Waals surface area contributed by atoms with Crippen LogP contribution < -0.4 is 15.0 Å². The first kappa shape index (κ1) is 19.2. The number of methoxy groups -OCH3 is 1. The maximum Gasteiger partial charge on any atom is 0.241 e. The van der Waals surface area contributed by atoms with Crippen LogP contribution in [0.3, 0.4) is 0 Å². The van der Waals surface area contributed by atoms with Crippen LogP contribution in [-0.2, 0) is 4.79 Å². The van der Waals surface area contributed by atoms with Gasteiger partial charge in [-0.3, -0.25) is 9.69 Å². The Labute approximate surface area is 161 Å². The number of anilines is 2. The van der Waals surface area contributed by atoms with Crippen LogP contribution >= 0.6 is 0 Å². The summed E-state index contributed by atoms with van der Waals surface area (Å²) in [5, 5.41) is 3.10. The molecule has 5 nitrogen and oxygen atoms in total. The van der Waals surface area contributed by atoms with E-state index >= 15 is 0 Å². The highest BCUT2D eigenvalue weighted by molar-refractivity contribution is 5.95. The number of ether oxygens (including phenoxy) is 1. The predicted molar refractivity (Wildman–Crippen MR) is 111 cm³/mol. The minimum atomic E-state index is -0.150. The fraction of sp³-hybridized carbons (Fsp3) is 0.409. The van der Waals surface area contributed by atoms with E-state index in [-0.39, 0.29) is 11.9 Å². The molecule has 1 saturated heterocycles. The summed E-state index contributed by atoms with van der Waals surface area (Å²) < 4.78 is 5.22. The molecule has 0 saturated carbocycles. The Morgan fingerprint density at radius 3 is 2.33 bits per heavy atom. The highest BCUT2D eigenvalue weighted by Crippen LogP contribution is 2.22. The largest absolute Gasteiger partial charge is 0.497 e. The summed E-state index contributed by atoms with van der Waals surface area (Å²) in [6.07, 6.45) is 0. The van der Waals surface area contributed by atoms with E-state index in [1.54, 1.807) is 7.11 Å². The van der Waals surface area contributed by atoms with E-state index in [0.29, 0.717) is 0 Å². The van der Waals surface area contributed by atoms with Crippen LogP contribution in [-0.4, -0.2) is 50.1 Å². The Kier molecular flexibility index (Phi) is 6.01. The summed E-state index contributed by atoms with van der Waals surface area (Å²) in [4.78, 5) is 17.3. The molecule has 1 amide bonds. The zero-order valence-corrected chi connectivity index (χ0v) is 16.7. The average Bonchev–Trinajstić information content (AvgIpc) is 2.70. The van der Waals surface area contributed by atoms with Crippen molar-refractivity contribution in [3.05, 3.63) is 53.6 Å². The SMILES string of the molecule is COc1ccc(N2CCN([C@H](C)C(=O)Nc3cc(C)ccc3C)CC2)cc1. The molecule has 3 rings (SSSR count). The molecule has 0 unspecified atom stereocenters. The van der Waals surface area contributed by atoms with Crippen molar-refractivity contribution in [1.29, 1.82) is 0 Å². The third-order valence-electron chi connectivity index (χ3n) is 5.33. The molecule has 1 heterocycles. The normalized spacial score (nSPS) is 16.1. The lowest BCUT2D eigenvalue weighted by Crippen LogP contribution is -2.52. The van der Waals surface area contributed by atoms with Crippen LogP contribution in [0.15, 0.2) is 42.5 Å². The third-order valence-corrected chi connectivity index (χ3v) is 5.33. The highest BCUT2D eigenvalue weighted by atomic mass is 16.5. The van der Waals surface area contributed by atoms with Crippen LogP contribution in [0.1, 0.15) is 18.1 Å². The zero-order chi connectivity index (χ0) is 19.4. The lowest BCUT2D eigenvalue weighted by Gasteiger charge is -2.38. The van der Waals surface area contributed by atoms with E-state index in [0.717, 1.165) is 48.7 Å². The predicted octanol–water partition coefficient (Wildman–Crippen LogP) is 3.46. The van der Waals surface area contributed by atoms with Gasteiger partial charge in [-0.25, -0.2) is 0 Å². The van der Waals surface area contributed by atoms with Crippen LogP contribution in [0, 0.1) is 13.8 Å². The lowest BCUT2D eigenvalue weighted by atomic mass is 10.1. The number of nitrogens with zero attached hydrogens (tertiary/aromatic N) is 2. The highest BCUT2D eigenvalue weighted by Gasteiger charge is 2.26. The molecular weight excluding hydrogens is 338 g/mol. The summed E-state index contributed by atoms with van der Waals surface area (Å²) in [6, 6.07) is 14.1. The van der Waals surface area contributed by atoms with Crippen molar-refractivity contribution in [1.82, 2.24) is 4.90 Å². The first-order valence-corrected chi connectivity index (χ1v) is 9.49. The van der Waals surface area contributed by atoms with Gasteiger partial charge in [0.05, 0.1) is 13.2 Å². The Morgan fingerprint density at radius 2 is 1.70 bits per heavy atom. The van der Waals surface area contributed by atoms with Gasteiger partial charge in [-0.05, 0) is 62.2 Å². The topological polar surface area (TPSA) is 44.8 Å². The summed E-state index contributed by atoms with van der Waals surface area (Å²) in [7, 11) is 1.68. The Morgan fingerprint density at radius 1 is 1.04 bits per heavy atom. The molecule has 27 heavy (non-hydrogen) atoms. The van der Waals surface area contributed by atoms with E-state index in [1.165, 1.54) is 5.69 Å². The molecule has 1 aliphatic rings. The summed E-state index contributed by atoms with van der Waals surface area (Å²) in [5.74, 6) is 0.927. The smallest absolute Gasteiger partial charge is 0.241 e. The number of aryl methyl sites for hydroxylation is 2. The van der Waals surface area contributed by atoms with Gasteiger partial charge in [-0.2, -0.15) is 0 Å². The van der Waals surface area contributed by atoms with Gasteiger partial charge >= 0.3 is 0 Å². The Bertz CT molecular complexity index is 781. The molecule has 2 aromatic carbocycles. The van der Waals surface area contributed by atoms with Crippen LogP contribution in [0.2, 0.25) is 0 Å². The zero-order valence-electron chi connectivity index (χ0n) is 16.7. The number of hydrogen-bond acceptors (Lipinski definition) is 4. The van der Waals surface area contributed by atoms with Gasteiger partial charge in [-0.1, -0.05) is 12.1 Å². The van der Waals surface area contributed by atoms with E-state index in [4.69, 9.17) is 4.74 Å². The van der Waals surface area contributed by atoms with Crippen molar-refractivity contribution in [2.24, 2.45) is 0 Å². The molecule has 1 atom stereocenters. The van der Waals surface area contributed by atoms with Crippen LogP contribution in [0.4, 0.5) is 11.4 Å². The minimum Gasteiger partial charge on any atom is -0.497 e. The van der Waals surface area contributed by atoms with Gasteiger partial charge in [0.1, 0.15) is 5.75 Å². The van der Waals surface area contributed by atoms with Gasteiger partial charge in [0.25, 0.3) is 0 Å². The average molecular weight is 367 g/mol. The van der Waals surface area contributed by atoms with Gasteiger partial charge in [0.2, 0.25) is 5.91 Å². The molecule has 0 aliphatic carbocycles. The summed E-state index contributed by atoms with van der Waals surface area (Å²) >= 11 is 0. The molecule has 0 bridgehead atoms. The van der Waals surface area contributed by atoms with Crippen molar-refractivity contribution in [2.75, 3.05) is 43.5 Å². The fourth-order valence-electron chi connectivity index (χ4n) is 3.43. The molecule has 5 heteroatoms. The molecule has 1 fully saturated rings. The number of nitrogens with one attached hydrogen (secondary N) is 1. The maximum atomic E-state index is 12.7. The van der Waals surface area contributed by atoms with Gasteiger partial charge < -0.3 is 15.0 Å². The number of hydrogen-bond donors (Lipinski definition) is 1. The standard InChI is InChI=1S/C22H29N3O2/c1-16-5-6-17(2)21(15-16)23-22(26)18(3)24-11-13-25(14-12-24)19-7-9-20(27-4)10-8-19/h5-10,15,18H,11-14H2,1-4H3,(H,23,26)/t18-/m1/s1. The van der Waals surface area contributed by atoms with Crippen molar-refractivity contribution in [3.8, 4) is 5.75 Å². The van der Waals surface area contributed by atoms with Gasteiger partial charge in [-0.15, -0.1) is 0 Å². The Balaban J connectivity index is 1.56. The Hall–Kier alpha value is -2.53. The maximum absolute atomic E-state index is 12.7. The summed E-state index contributed by atoms with van der Waals surface area (Å²) in [5.41, 5.74) is 4.34. The summed E-state index contributed by atoms with van der Waals surface area (Å²) in [6.45, 7) is 9.61. The second-order valence-electron chi connectivity index (χ2n) is 7.20. The van der Waals surface area contributed by atoms with E-state index in [2.05, 4.69) is 33.3 Å². The molecule has 0 aromatic heterocycles. The lowest BCUT2D eigenvalue weighted by molar-refractivity contribution is -0.120. The van der Waals surface area contributed by atoms with Gasteiger partial charge in [0, 0.05) is 37.6 Å². The monoisotopic (exact) mass is 367 g/mol. The number of amides is 1. The molecular formula is C22H29N3O2. The second kappa shape index (κ2) is 8.44. The quantitative estimate of drug-likeness (QED) is 0.879. The third kappa shape index (κ3) is 4.61. The number of carbonyl (C=O) groups is 1. The number of rotatable bonds is 5. The number of benzene rings is 2. The van der Waals surface area contributed by atoms with E-state index < -0.39 is 0 Å². The van der Waals surface area contributed by atoms with Gasteiger partial charge in [0.15, 0.2) is 0 Å². The molecule has 0 spiro atoms. The van der Waals surface area contributed by atoms with Crippen molar-refractivity contribution in [3.63, 3.8) is 0 Å². The molecule has 0 radical (unpaired) electrons. The van der Waals surface area contributed by atoms with Crippen LogP contribution in [0.5, 0.6) is 5.75 Å². The van der Waals surface area contributed by atoms with Crippen molar-refractivity contribution >= 4 is 17.3 Å². The van der Waals surface area contributed by atoms with Crippen LogP contribution in [0.25, 0.3) is 0 Å². The minimum absolute atomic E-state index is 0.0570. The first-order chi connectivity index (χ1) is 13.0. The molecule has 144 valence electrons. The number of carbonyl (C=O) groups excluding carboxylic acids is 1. The van der Waals surface area contributed by atoms with E-state index in [1.807, 2.05) is 45.0 Å². The van der Waals surface area contributed by atoms with Crippen molar-refractivity contribution < 1.29 is 9.53 Å². The second-order valence-corrected chi connectivity index (χ2v) is 7.20. The fourth-order valence-corrected chi connectivity index (χ4v) is 3.43. The molecule has 1 aliphatic heterocycles.